The molecule has 8 nitrogen and oxygen atoms in total. The Bertz CT molecular complexity index is 1260. The van der Waals surface area contributed by atoms with Gasteiger partial charge in [0.2, 0.25) is 5.95 Å². The van der Waals surface area contributed by atoms with Crippen LogP contribution in [-0.4, -0.2) is 56.8 Å². The van der Waals surface area contributed by atoms with Gasteiger partial charge in [0.25, 0.3) is 5.91 Å². The molecule has 0 bridgehead atoms. The minimum atomic E-state index is -0.302. The van der Waals surface area contributed by atoms with Crippen molar-refractivity contribution in [3.05, 3.63) is 72.3 Å². The van der Waals surface area contributed by atoms with E-state index in [1.54, 1.807) is 28.7 Å². The van der Waals surface area contributed by atoms with Crippen molar-refractivity contribution in [1.29, 1.82) is 0 Å². The van der Waals surface area contributed by atoms with Gasteiger partial charge in [-0.1, -0.05) is 6.07 Å². The highest BCUT2D eigenvalue weighted by Crippen LogP contribution is 2.24. The Kier molecular flexibility index (Phi) is 5.66. The van der Waals surface area contributed by atoms with Gasteiger partial charge in [0.1, 0.15) is 5.75 Å². The van der Waals surface area contributed by atoms with Gasteiger partial charge in [-0.15, -0.1) is 5.10 Å². The number of likely N-dealkylation sites (tertiary alicyclic amines) is 1. The van der Waals surface area contributed by atoms with Crippen molar-refractivity contribution in [2.75, 3.05) is 25.5 Å². The zero-order valence-corrected chi connectivity index (χ0v) is 18.3. The molecule has 0 atom stereocenters. The molecule has 0 radical (unpaired) electrons. The fourth-order valence-electron chi connectivity index (χ4n) is 4.02. The first kappa shape index (κ1) is 21.0. The van der Waals surface area contributed by atoms with E-state index in [9.17, 15) is 9.90 Å². The lowest BCUT2D eigenvalue weighted by Crippen LogP contribution is -2.40. The fraction of sp³-hybridized carbons (Fsp3) is 0.240. The van der Waals surface area contributed by atoms with Crippen LogP contribution in [0.4, 0.5) is 11.6 Å². The quantitative estimate of drug-likeness (QED) is 0.488. The highest BCUT2D eigenvalue weighted by Gasteiger charge is 2.22. The summed E-state index contributed by atoms with van der Waals surface area (Å²) < 4.78 is 7.04. The largest absolute Gasteiger partial charge is 0.497 e. The van der Waals surface area contributed by atoms with E-state index >= 15 is 0 Å². The number of piperidine rings is 1. The molecule has 5 rings (SSSR count). The molecule has 1 saturated heterocycles. The van der Waals surface area contributed by atoms with E-state index in [2.05, 4.69) is 15.4 Å². The van der Waals surface area contributed by atoms with Crippen LogP contribution in [0.1, 0.15) is 23.2 Å². The maximum atomic E-state index is 12.7. The summed E-state index contributed by atoms with van der Waals surface area (Å²) in [6.07, 6.45) is 0.955. The normalized spacial score (nSPS) is 14.4. The zero-order chi connectivity index (χ0) is 22.8. The Morgan fingerprint density at radius 1 is 1.03 bits per heavy atom. The summed E-state index contributed by atoms with van der Waals surface area (Å²) in [5, 5.41) is 17.5. The Hall–Kier alpha value is -3.91. The smallest absolute Gasteiger partial charge is 0.253 e. The second-order valence-electron chi connectivity index (χ2n) is 8.07. The third-order valence-corrected chi connectivity index (χ3v) is 5.89. The zero-order valence-electron chi connectivity index (χ0n) is 18.3. The van der Waals surface area contributed by atoms with E-state index < -0.39 is 0 Å². The van der Waals surface area contributed by atoms with Crippen molar-refractivity contribution < 1.29 is 14.6 Å². The minimum Gasteiger partial charge on any atom is -0.497 e. The number of aromatic nitrogens is 3. The Morgan fingerprint density at radius 2 is 1.76 bits per heavy atom. The molecular formula is C25H25N5O3. The molecule has 2 aromatic heterocycles. The second-order valence-corrected chi connectivity index (χ2v) is 8.07. The van der Waals surface area contributed by atoms with Crippen LogP contribution >= 0.6 is 0 Å². The maximum absolute atomic E-state index is 12.7. The number of amides is 1. The third-order valence-electron chi connectivity index (χ3n) is 5.89. The summed E-state index contributed by atoms with van der Waals surface area (Å²) in [6, 6.07) is 21.0. The number of ether oxygens (including phenoxy) is 1. The first-order valence-electron chi connectivity index (χ1n) is 11.0. The van der Waals surface area contributed by atoms with E-state index in [1.807, 2.05) is 54.6 Å². The molecule has 33 heavy (non-hydrogen) atoms. The van der Waals surface area contributed by atoms with Crippen LogP contribution in [0.3, 0.4) is 0 Å². The number of benzene rings is 2. The minimum absolute atomic E-state index is 0.0107. The summed E-state index contributed by atoms with van der Waals surface area (Å²) in [7, 11) is 1.65. The number of fused-ring (bicyclic) bond motifs is 1. The van der Waals surface area contributed by atoms with Gasteiger partial charge in [0, 0.05) is 29.9 Å². The van der Waals surface area contributed by atoms with Crippen molar-refractivity contribution in [3.63, 3.8) is 0 Å². The van der Waals surface area contributed by atoms with Crippen LogP contribution in [0.15, 0.2) is 66.7 Å². The van der Waals surface area contributed by atoms with Gasteiger partial charge < -0.3 is 20.1 Å². The van der Waals surface area contributed by atoms with E-state index in [0.717, 1.165) is 28.3 Å². The highest BCUT2D eigenvalue weighted by molar-refractivity contribution is 5.94. The summed E-state index contributed by atoms with van der Waals surface area (Å²) in [4.78, 5) is 19.1. The summed E-state index contributed by atoms with van der Waals surface area (Å²) in [6.45, 7) is 1.17. The molecule has 0 aliphatic carbocycles. The van der Waals surface area contributed by atoms with Gasteiger partial charge >= 0.3 is 0 Å². The summed E-state index contributed by atoms with van der Waals surface area (Å²) in [5.41, 5.74) is 4.07. The second kappa shape index (κ2) is 8.91. The Morgan fingerprint density at radius 3 is 2.45 bits per heavy atom. The van der Waals surface area contributed by atoms with Crippen LogP contribution in [0.5, 0.6) is 5.75 Å². The number of nitrogens with zero attached hydrogens (tertiary/aromatic N) is 4. The topological polar surface area (TPSA) is 92.0 Å². The average molecular weight is 444 g/mol. The average Bonchev–Trinajstić information content (AvgIpc) is 3.27. The third kappa shape index (κ3) is 4.38. The number of aliphatic hydroxyl groups excluding tert-OH is 1. The van der Waals surface area contributed by atoms with Crippen molar-refractivity contribution in [2.45, 2.75) is 18.9 Å². The van der Waals surface area contributed by atoms with Crippen LogP contribution in [0.2, 0.25) is 0 Å². The summed E-state index contributed by atoms with van der Waals surface area (Å²) >= 11 is 0. The van der Waals surface area contributed by atoms with Crippen molar-refractivity contribution in [2.24, 2.45) is 0 Å². The van der Waals surface area contributed by atoms with E-state index in [1.165, 1.54) is 0 Å². The number of anilines is 2. The number of hydrogen-bond acceptors (Lipinski definition) is 6. The van der Waals surface area contributed by atoms with Crippen molar-refractivity contribution >= 4 is 23.2 Å². The molecule has 1 aliphatic heterocycles. The van der Waals surface area contributed by atoms with Crippen molar-refractivity contribution in [1.82, 2.24) is 19.5 Å². The predicted octanol–water partition coefficient (Wildman–Crippen LogP) is 3.75. The van der Waals surface area contributed by atoms with Gasteiger partial charge in [-0.3, -0.25) is 4.79 Å². The van der Waals surface area contributed by atoms with Crippen LogP contribution in [-0.2, 0) is 0 Å². The highest BCUT2D eigenvalue weighted by atomic mass is 16.5. The van der Waals surface area contributed by atoms with Crippen LogP contribution in [0, 0.1) is 0 Å². The first-order chi connectivity index (χ1) is 16.1. The Balaban J connectivity index is 1.33. The number of carbonyl (C=O) groups excluding carboxylic acids is 1. The summed E-state index contributed by atoms with van der Waals surface area (Å²) in [5.74, 6) is 1.26. The SMILES string of the molecule is COc1ccc(-c2cccc3nc(Nc4ccc(C(=O)N5CCC(O)CC5)cc4)nn23)cc1. The lowest BCUT2D eigenvalue weighted by Gasteiger charge is -2.29. The number of aliphatic hydroxyl groups is 1. The molecule has 4 aromatic rings. The molecule has 1 fully saturated rings. The van der Waals surface area contributed by atoms with Crippen LogP contribution in [0.25, 0.3) is 16.9 Å². The van der Waals surface area contributed by atoms with E-state index in [4.69, 9.17) is 4.74 Å². The lowest BCUT2D eigenvalue weighted by molar-refractivity contribution is 0.0546. The van der Waals surface area contributed by atoms with E-state index in [0.29, 0.717) is 37.4 Å². The number of methoxy groups -OCH3 is 1. The molecule has 2 aromatic carbocycles. The Labute approximate surface area is 191 Å². The number of rotatable bonds is 5. The molecule has 0 saturated carbocycles. The lowest BCUT2D eigenvalue weighted by atomic mass is 10.1. The molecule has 0 spiro atoms. The molecule has 1 aliphatic rings. The molecular weight excluding hydrogens is 418 g/mol. The number of nitrogens with one attached hydrogen (secondary N) is 1. The monoisotopic (exact) mass is 443 g/mol. The molecule has 168 valence electrons. The molecule has 3 heterocycles. The fourth-order valence-corrected chi connectivity index (χ4v) is 4.02. The van der Waals surface area contributed by atoms with Crippen molar-refractivity contribution in [3.8, 4) is 17.0 Å². The van der Waals surface area contributed by atoms with Gasteiger partial charge in [0.05, 0.1) is 18.9 Å². The van der Waals surface area contributed by atoms with Gasteiger partial charge in [0.15, 0.2) is 5.65 Å². The molecule has 8 heteroatoms. The first-order valence-corrected chi connectivity index (χ1v) is 11.0. The van der Waals surface area contributed by atoms with Crippen LogP contribution < -0.4 is 10.1 Å². The number of pyridine rings is 1. The van der Waals surface area contributed by atoms with E-state index in [-0.39, 0.29) is 12.0 Å². The van der Waals surface area contributed by atoms with Gasteiger partial charge in [-0.25, -0.2) is 4.52 Å². The standard InChI is InChI=1S/C25H25N5O3/c1-33-21-11-7-17(8-12-21)22-3-2-4-23-27-25(28-30(22)23)26-19-9-5-18(6-10-19)24(32)29-15-13-20(31)14-16-29/h2-12,20,31H,13-16H2,1H3,(H,26,28). The van der Waals surface area contributed by atoms with Gasteiger partial charge in [-0.05, 0) is 73.5 Å². The van der Waals surface area contributed by atoms with Gasteiger partial charge in [-0.2, -0.15) is 4.98 Å². The maximum Gasteiger partial charge on any atom is 0.253 e. The number of hydrogen-bond donors (Lipinski definition) is 2. The number of carbonyl (C=O) groups is 1. The predicted molar refractivity (Wildman–Crippen MR) is 126 cm³/mol. The molecule has 0 unspecified atom stereocenters. The molecule has 1 amide bonds. The molecule has 2 N–H and O–H groups in total.